The topological polar surface area (TPSA) is 40.6 Å². The first kappa shape index (κ1) is 14.6. The van der Waals surface area contributed by atoms with Gasteiger partial charge in [-0.15, -0.1) is 0 Å². The summed E-state index contributed by atoms with van der Waals surface area (Å²) in [5.74, 6) is 0.771. The molecule has 21 heavy (non-hydrogen) atoms. The fourth-order valence-corrected chi connectivity index (χ4v) is 3.79. The van der Waals surface area contributed by atoms with Gasteiger partial charge in [0.05, 0.1) is 0 Å². The molecule has 2 aliphatic heterocycles. The van der Waals surface area contributed by atoms with Crippen LogP contribution in [0, 0.1) is 11.8 Å². The van der Waals surface area contributed by atoms with Gasteiger partial charge < -0.3 is 9.80 Å². The molecule has 2 fully saturated rings. The Labute approximate surface area is 127 Å². The van der Waals surface area contributed by atoms with Gasteiger partial charge in [0.15, 0.2) is 0 Å². The predicted molar refractivity (Wildman–Crippen MR) is 81.6 cm³/mol. The largest absolute Gasteiger partial charge is 0.334 e. The van der Waals surface area contributed by atoms with Crippen LogP contribution in [-0.4, -0.2) is 47.8 Å². The average molecular weight is 290 g/mol. The van der Waals surface area contributed by atoms with Crippen molar-refractivity contribution >= 4 is 11.8 Å². The van der Waals surface area contributed by atoms with Gasteiger partial charge in [-0.3, -0.25) is 9.59 Å². The second kappa shape index (κ2) is 6.20. The van der Waals surface area contributed by atoms with Gasteiger partial charge in [0, 0.05) is 26.2 Å². The minimum atomic E-state index is -0.283. The van der Waals surface area contributed by atoms with E-state index >= 15 is 0 Å². The van der Waals surface area contributed by atoms with Crippen LogP contribution in [0.1, 0.15) is 45.4 Å². The molecule has 0 saturated carbocycles. The van der Waals surface area contributed by atoms with Crippen LogP contribution in [0.15, 0.2) is 11.6 Å². The Bertz CT molecular complexity index is 450. The van der Waals surface area contributed by atoms with Crippen molar-refractivity contribution in [1.82, 2.24) is 9.80 Å². The number of nitrogens with zero attached hydrogens (tertiary/aromatic N) is 2. The first-order valence-corrected chi connectivity index (χ1v) is 8.42. The Morgan fingerprint density at radius 1 is 1.00 bits per heavy atom. The molecule has 1 unspecified atom stereocenters. The molecule has 1 atom stereocenters. The lowest BCUT2D eigenvalue weighted by Gasteiger charge is -2.37. The number of piperidine rings is 2. The number of allylic oxidation sites excluding steroid dienone is 1. The summed E-state index contributed by atoms with van der Waals surface area (Å²) in [5.41, 5.74) is 1.39. The van der Waals surface area contributed by atoms with E-state index in [2.05, 4.69) is 13.0 Å². The fourth-order valence-electron chi connectivity index (χ4n) is 3.79. The van der Waals surface area contributed by atoms with E-state index in [0.717, 1.165) is 45.3 Å². The maximum absolute atomic E-state index is 12.5. The highest BCUT2D eigenvalue weighted by molar-refractivity contribution is 6.35. The van der Waals surface area contributed by atoms with Crippen molar-refractivity contribution in [2.75, 3.05) is 26.2 Å². The van der Waals surface area contributed by atoms with Crippen LogP contribution in [0.25, 0.3) is 0 Å². The molecule has 0 radical (unpaired) electrons. The molecular weight excluding hydrogens is 264 g/mol. The van der Waals surface area contributed by atoms with E-state index in [1.54, 1.807) is 9.80 Å². The lowest BCUT2D eigenvalue weighted by molar-refractivity contribution is -0.152. The van der Waals surface area contributed by atoms with Crippen LogP contribution < -0.4 is 0 Å². The fraction of sp³-hybridized carbons (Fsp3) is 0.765. The van der Waals surface area contributed by atoms with Crippen molar-refractivity contribution in [2.45, 2.75) is 45.4 Å². The maximum atomic E-state index is 12.5. The van der Waals surface area contributed by atoms with Crippen molar-refractivity contribution in [3.8, 4) is 0 Å². The summed E-state index contributed by atoms with van der Waals surface area (Å²) in [4.78, 5) is 28.4. The average Bonchev–Trinajstić information content (AvgIpc) is 2.54. The zero-order valence-electron chi connectivity index (χ0n) is 13.0. The van der Waals surface area contributed by atoms with Gasteiger partial charge in [0.2, 0.25) is 0 Å². The van der Waals surface area contributed by atoms with Crippen molar-refractivity contribution in [1.29, 1.82) is 0 Å². The van der Waals surface area contributed by atoms with E-state index in [9.17, 15) is 9.59 Å². The third-order valence-corrected chi connectivity index (χ3v) is 5.35. The summed E-state index contributed by atoms with van der Waals surface area (Å²) in [6, 6.07) is 0. The van der Waals surface area contributed by atoms with E-state index in [0.29, 0.717) is 18.4 Å². The molecule has 3 rings (SSSR count). The van der Waals surface area contributed by atoms with E-state index in [4.69, 9.17) is 0 Å². The van der Waals surface area contributed by atoms with Gasteiger partial charge in [0.25, 0.3) is 0 Å². The number of amides is 2. The molecule has 2 amide bonds. The Balaban J connectivity index is 1.60. The second-order valence-corrected chi connectivity index (χ2v) is 6.90. The molecule has 2 saturated heterocycles. The molecule has 2 heterocycles. The maximum Gasteiger partial charge on any atom is 0.312 e. The Morgan fingerprint density at radius 2 is 1.67 bits per heavy atom. The minimum absolute atomic E-state index is 0.281. The lowest BCUT2D eigenvalue weighted by Crippen LogP contribution is -2.50. The quantitative estimate of drug-likeness (QED) is 0.507. The third-order valence-electron chi connectivity index (χ3n) is 5.35. The predicted octanol–water partition coefficient (Wildman–Crippen LogP) is 2.20. The Kier molecular flexibility index (Phi) is 4.32. The summed E-state index contributed by atoms with van der Waals surface area (Å²) in [6.07, 6.45) is 9.02. The number of rotatable bonds is 0. The first-order chi connectivity index (χ1) is 10.1. The van der Waals surface area contributed by atoms with Gasteiger partial charge in [-0.1, -0.05) is 18.6 Å². The van der Waals surface area contributed by atoms with Crippen molar-refractivity contribution in [3.05, 3.63) is 11.6 Å². The molecule has 0 aromatic carbocycles. The zero-order chi connectivity index (χ0) is 14.8. The third kappa shape index (κ3) is 3.14. The normalized spacial score (nSPS) is 27.1. The summed E-state index contributed by atoms with van der Waals surface area (Å²) >= 11 is 0. The van der Waals surface area contributed by atoms with Crippen LogP contribution in [0.5, 0.6) is 0 Å². The summed E-state index contributed by atoms with van der Waals surface area (Å²) < 4.78 is 0. The minimum Gasteiger partial charge on any atom is -0.334 e. The van der Waals surface area contributed by atoms with E-state index < -0.39 is 0 Å². The molecule has 0 aromatic rings. The Morgan fingerprint density at radius 3 is 2.43 bits per heavy atom. The number of carbonyl (C=O) groups is 2. The zero-order valence-corrected chi connectivity index (χ0v) is 13.0. The molecule has 0 bridgehead atoms. The van der Waals surface area contributed by atoms with Gasteiger partial charge in [-0.2, -0.15) is 0 Å². The van der Waals surface area contributed by atoms with Crippen molar-refractivity contribution in [2.24, 2.45) is 11.8 Å². The van der Waals surface area contributed by atoms with Crippen molar-refractivity contribution < 1.29 is 9.59 Å². The molecule has 0 aromatic heterocycles. The van der Waals surface area contributed by atoms with Gasteiger partial charge in [0.1, 0.15) is 0 Å². The van der Waals surface area contributed by atoms with Gasteiger partial charge in [-0.05, 0) is 50.4 Å². The molecule has 0 N–H and O–H groups in total. The van der Waals surface area contributed by atoms with Crippen LogP contribution in [-0.2, 0) is 9.59 Å². The van der Waals surface area contributed by atoms with Crippen molar-refractivity contribution in [3.63, 3.8) is 0 Å². The number of fused-ring (bicyclic) bond motifs is 1. The summed E-state index contributed by atoms with van der Waals surface area (Å²) in [7, 11) is 0. The van der Waals surface area contributed by atoms with Crippen LogP contribution in [0.2, 0.25) is 0 Å². The van der Waals surface area contributed by atoms with Crippen LogP contribution in [0.4, 0.5) is 0 Å². The van der Waals surface area contributed by atoms with Gasteiger partial charge >= 0.3 is 11.8 Å². The van der Waals surface area contributed by atoms with E-state index in [1.807, 2.05) is 0 Å². The Hall–Kier alpha value is -1.32. The number of carbonyl (C=O) groups excluding carboxylic acids is 2. The number of hydrogen-bond acceptors (Lipinski definition) is 2. The molecule has 4 nitrogen and oxygen atoms in total. The molecule has 0 spiro atoms. The highest BCUT2D eigenvalue weighted by Crippen LogP contribution is 2.32. The van der Waals surface area contributed by atoms with Gasteiger partial charge in [-0.25, -0.2) is 0 Å². The second-order valence-electron chi connectivity index (χ2n) is 6.90. The molecule has 4 heteroatoms. The molecule has 3 aliphatic rings. The molecular formula is C17H26N2O2. The highest BCUT2D eigenvalue weighted by Gasteiger charge is 2.33. The first-order valence-electron chi connectivity index (χ1n) is 8.42. The van der Waals surface area contributed by atoms with E-state index in [1.165, 1.54) is 18.4 Å². The lowest BCUT2D eigenvalue weighted by atomic mass is 9.82. The number of hydrogen-bond donors (Lipinski definition) is 0. The standard InChI is InChI=1S/C17H26N2O2/c1-13-6-9-18(10-7-13)16(20)17(21)19-11-8-14-4-2-3-5-15(14)12-19/h5,13-14H,2-4,6-12H2,1H3. The molecule has 1 aliphatic carbocycles. The molecule has 116 valence electrons. The van der Waals surface area contributed by atoms with Crippen LogP contribution in [0.3, 0.4) is 0 Å². The van der Waals surface area contributed by atoms with E-state index in [-0.39, 0.29) is 11.8 Å². The highest BCUT2D eigenvalue weighted by atomic mass is 16.2. The summed E-state index contributed by atoms with van der Waals surface area (Å²) in [6.45, 7) is 5.12. The van der Waals surface area contributed by atoms with Crippen LogP contribution >= 0.6 is 0 Å². The summed E-state index contributed by atoms with van der Waals surface area (Å²) in [5, 5.41) is 0. The monoisotopic (exact) mass is 290 g/mol. The SMILES string of the molecule is CC1CCN(C(=O)C(=O)N2CCC3CCCC=C3C2)CC1. The smallest absolute Gasteiger partial charge is 0.312 e. The number of likely N-dealkylation sites (tertiary alicyclic amines) is 2.